The number of aromatic nitrogens is 2. The first-order chi connectivity index (χ1) is 13.5. The molecule has 2 saturated heterocycles. The average Bonchev–Trinajstić information content (AvgIpc) is 3.32. The standard InChI is InChI=1S/C19H22FN5O3/c1-2-16(26)22-11-7-15-18(27)21-9-12(25(15)10-11)8-17-23-24-19(28-17)13-5-3-4-6-14(13)20/h3-6,11-12,15H,2,7-10H2,1H3,(H,21,27)(H,22,26)/t11-,12+,15-/m0/s1. The predicted octanol–water partition coefficient (Wildman–Crippen LogP) is 0.886. The predicted molar refractivity (Wildman–Crippen MR) is 97.5 cm³/mol. The number of benzene rings is 1. The molecule has 3 atom stereocenters. The minimum Gasteiger partial charge on any atom is -0.421 e. The Balaban J connectivity index is 1.47. The molecule has 0 radical (unpaired) electrons. The third-order valence-corrected chi connectivity index (χ3v) is 5.29. The zero-order valence-corrected chi connectivity index (χ0v) is 15.5. The second-order valence-electron chi connectivity index (χ2n) is 7.15. The molecule has 148 valence electrons. The van der Waals surface area contributed by atoms with Crippen LogP contribution in [0.15, 0.2) is 28.7 Å². The lowest BCUT2D eigenvalue weighted by molar-refractivity contribution is -0.129. The Hall–Kier alpha value is -2.81. The quantitative estimate of drug-likeness (QED) is 0.790. The highest BCUT2D eigenvalue weighted by atomic mass is 19.1. The van der Waals surface area contributed by atoms with Gasteiger partial charge < -0.3 is 15.1 Å². The molecule has 3 heterocycles. The number of piperazine rings is 1. The molecular weight excluding hydrogens is 365 g/mol. The van der Waals surface area contributed by atoms with Crippen LogP contribution in [0.25, 0.3) is 11.5 Å². The smallest absolute Gasteiger partial charge is 0.250 e. The number of halogens is 1. The van der Waals surface area contributed by atoms with Gasteiger partial charge in [0.15, 0.2) is 0 Å². The topological polar surface area (TPSA) is 100 Å². The minimum absolute atomic E-state index is 0.0202. The van der Waals surface area contributed by atoms with Crippen molar-refractivity contribution in [3.05, 3.63) is 36.0 Å². The van der Waals surface area contributed by atoms with Crippen molar-refractivity contribution in [1.82, 2.24) is 25.7 Å². The van der Waals surface area contributed by atoms with E-state index in [1.807, 2.05) is 0 Å². The van der Waals surface area contributed by atoms with Crippen molar-refractivity contribution in [3.63, 3.8) is 0 Å². The number of fused-ring (bicyclic) bond motifs is 1. The van der Waals surface area contributed by atoms with E-state index >= 15 is 0 Å². The summed E-state index contributed by atoms with van der Waals surface area (Å²) in [5, 5.41) is 13.9. The molecule has 1 aromatic heterocycles. The summed E-state index contributed by atoms with van der Waals surface area (Å²) < 4.78 is 19.6. The molecule has 2 aliphatic heterocycles. The zero-order chi connectivity index (χ0) is 19.7. The second kappa shape index (κ2) is 7.67. The normalized spacial score (nSPS) is 24.6. The Morgan fingerprint density at radius 3 is 3.00 bits per heavy atom. The Kier molecular flexibility index (Phi) is 5.08. The Labute approximate surface area is 161 Å². The van der Waals surface area contributed by atoms with Crippen LogP contribution in [0.2, 0.25) is 0 Å². The summed E-state index contributed by atoms with van der Waals surface area (Å²) in [5.41, 5.74) is 0.264. The van der Waals surface area contributed by atoms with Gasteiger partial charge in [-0.1, -0.05) is 19.1 Å². The Bertz CT molecular complexity index is 886. The van der Waals surface area contributed by atoms with Crippen molar-refractivity contribution in [2.24, 2.45) is 0 Å². The molecule has 2 fully saturated rings. The molecular formula is C19H22FN5O3. The molecule has 2 amide bonds. The van der Waals surface area contributed by atoms with Crippen molar-refractivity contribution >= 4 is 11.8 Å². The summed E-state index contributed by atoms with van der Waals surface area (Å²) in [6.45, 7) is 2.86. The van der Waals surface area contributed by atoms with Crippen LogP contribution in [-0.2, 0) is 16.0 Å². The second-order valence-corrected chi connectivity index (χ2v) is 7.15. The van der Waals surface area contributed by atoms with Crippen LogP contribution in [-0.4, -0.2) is 58.1 Å². The van der Waals surface area contributed by atoms with Crippen LogP contribution in [0.4, 0.5) is 4.39 Å². The van der Waals surface area contributed by atoms with Crippen molar-refractivity contribution in [3.8, 4) is 11.5 Å². The molecule has 4 rings (SSSR count). The molecule has 28 heavy (non-hydrogen) atoms. The average molecular weight is 387 g/mol. The Morgan fingerprint density at radius 2 is 2.21 bits per heavy atom. The van der Waals surface area contributed by atoms with E-state index in [2.05, 4.69) is 25.7 Å². The molecule has 0 bridgehead atoms. The van der Waals surface area contributed by atoms with Gasteiger partial charge in [0.1, 0.15) is 5.82 Å². The number of hydrogen-bond acceptors (Lipinski definition) is 6. The van der Waals surface area contributed by atoms with Gasteiger partial charge in [-0.25, -0.2) is 4.39 Å². The molecule has 9 heteroatoms. The highest BCUT2D eigenvalue weighted by Gasteiger charge is 2.44. The summed E-state index contributed by atoms with van der Waals surface area (Å²) >= 11 is 0. The number of nitrogens with one attached hydrogen (secondary N) is 2. The molecule has 2 N–H and O–H groups in total. The summed E-state index contributed by atoms with van der Waals surface area (Å²) in [6.07, 6.45) is 1.43. The number of hydrogen-bond donors (Lipinski definition) is 2. The first-order valence-corrected chi connectivity index (χ1v) is 9.45. The molecule has 0 saturated carbocycles. The van der Waals surface area contributed by atoms with Crippen LogP contribution in [0.1, 0.15) is 25.7 Å². The van der Waals surface area contributed by atoms with Crippen molar-refractivity contribution in [2.45, 2.75) is 44.3 Å². The van der Waals surface area contributed by atoms with Crippen LogP contribution >= 0.6 is 0 Å². The fourth-order valence-corrected chi connectivity index (χ4v) is 3.88. The van der Waals surface area contributed by atoms with Gasteiger partial charge in [-0.05, 0) is 18.6 Å². The van der Waals surface area contributed by atoms with Crippen molar-refractivity contribution < 1.29 is 18.4 Å². The summed E-state index contributed by atoms with van der Waals surface area (Å²) in [5.74, 6) is 0.0604. The van der Waals surface area contributed by atoms with E-state index in [1.54, 1.807) is 25.1 Å². The van der Waals surface area contributed by atoms with Gasteiger partial charge in [-0.15, -0.1) is 10.2 Å². The van der Waals surface area contributed by atoms with E-state index in [0.717, 1.165) is 0 Å². The molecule has 0 unspecified atom stereocenters. The lowest BCUT2D eigenvalue weighted by Gasteiger charge is -2.36. The van der Waals surface area contributed by atoms with Gasteiger partial charge in [-0.2, -0.15) is 0 Å². The number of carbonyl (C=O) groups is 2. The van der Waals surface area contributed by atoms with Gasteiger partial charge >= 0.3 is 0 Å². The van der Waals surface area contributed by atoms with Crippen molar-refractivity contribution in [2.75, 3.05) is 13.1 Å². The van der Waals surface area contributed by atoms with E-state index in [-0.39, 0.29) is 41.4 Å². The van der Waals surface area contributed by atoms with E-state index in [0.29, 0.717) is 38.2 Å². The summed E-state index contributed by atoms with van der Waals surface area (Å²) in [7, 11) is 0. The van der Waals surface area contributed by atoms with Crippen LogP contribution < -0.4 is 10.6 Å². The number of carbonyl (C=O) groups excluding carboxylic acids is 2. The van der Waals surface area contributed by atoms with E-state index in [9.17, 15) is 14.0 Å². The SMILES string of the molecule is CCC(=O)N[C@H]1C[C@H]2C(=O)NC[C@@H](Cc3nnc(-c4ccccc4F)o3)N2C1. The maximum absolute atomic E-state index is 13.9. The van der Waals surface area contributed by atoms with Crippen molar-refractivity contribution in [1.29, 1.82) is 0 Å². The monoisotopic (exact) mass is 387 g/mol. The minimum atomic E-state index is -0.420. The lowest BCUT2D eigenvalue weighted by Crippen LogP contribution is -2.58. The maximum atomic E-state index is 13.9. The van der Waals surface area contributed by atoms with Gasteiger partial charge in [0.05, 0.1) is 11.6 Å². The molecule has 8 nitrogen and oxygen atoms in total. The third-order valence-electron chi connectivity index (χ3n) is 5.29. The van der Waals surface area contributed by atoms with Crippen LogP contribution in [0, 0.1) is 5.82 Å². The van der Waals surface area contributed by atoms with Gasteiger partial charge in [-0.3, -0.25) is 14.5 Å². The maximum Gasteiger partial charge on any atom is 0.250 e. The molecule has 2 aromatic rings. The molecule has 0 spiro atoms. The fraction of sp³-hybridized carbons (Fsp3) is 0.474. The summed E-state index contributed by atoms with van der Waals surface area (Å²) in [6, 6.07) is 5.87. The number of amides is 2. The fourth-order valence-electron chi connectivity index (χ4n) is 3.88. The van der Waals surface area contributed by atoms with Gasteiger partial charge in [0.25, 0.3) is 5.89 Å². The van der Waals surface area contributed by atoms with E-state index < -0.39 is 5.82 Å². The lowest BCUT2D eigenvalue weighted by atomic mass is 10.1. The molecule has 2 aliphatic rings. The first kappa shape index (κ1) is 18.5. The first-order valence-electron chi connectivity index (χ1n) is 9.45. The number of nitrogens with zero attached hydrogens (tertiary/aromatic N) is 3. The van der Waals surface area contributed by atoms with Crippen LogP contribution in [0.5, 0.6) is 0 Å². The number of rotatable bonds is 5. The van der Waals surface area contributed by atoms with Gasteiger partial charge in [0.2, 0.25) is 17.7 Å². The highest BCUT2D eigenvalue weighted by Crippen LogP contribution is 2.27. The Morgan fingerprint density at radius 1 is 1.39 bits per heavy atom. The molecule has 1 aromatic carbocycles. The zero-order valence-electron chi connectivity index (χ0n) is 15.5. The highest BCUT2D eigenvalue weighted by molar-refractivity contribution is 5.83. The summed E-state index contributed by atoms with van der Waals surface area (Å²) in [4.78, 5) is 26.0. The van der Waals surface area contributed by atoms with Crippen LogP contribution in [0.3, 0.4) is 0 Å². The largest absolute Gasteiger partial charge is 0.421 e. The van der Waals surface area contributed by atoms with Gasteiger partial charge in [0, 0.05) is 38.0 Å². The van der Waals surface area contributed by atoms with E-state index in [4.69, 9.17) is 4.42 Å². The van der Waals surface area contributed by atoms with E-state index in [1.165, 1.54) is 6.07 Å². The third kappa shape index (κ3) is 3.62. The molecule has 0 aliphatic carbocycles.